The van der Waals surface area contributed by atoms with Gasteiger partial charge in [0.15, 0.2) is 0 Å². The van der Waals surface area contributed by atoms with Crippen LogP contribution in [0.2, 0.25) is 15.1 Å². The molecule has 0 radical (unpaired) electrons. The van der Waals surface area contributed by atoms with Crippen molar-refractivity contribution < 1.29 is 0 Å². The van der Waals surface area contributed by atoms with Crippen LogP contribution in [0.3, 0.4) is 0 Å². The Labute approximate surface area is 139 Å². The second-order valence-electron chi connectivity index (χ2n) is 5.11. The van der Waals surface area contributed by atoms with E-state index in [2.05, 4.69) is 34.9 Å². The van der Waals surface area contributed by atoms with E-state index in [1.165, 1.54) is 11.1 Å². The van der Waals surface area contributed by atoms with Crippen LogP contribution >= 0.6 is 34.8 Å². The first-order valence-corrected chi connectivity index (χ1v) is 7.98. The average molecular weight is 342 g/mol. The molecule has 1 aliphatic heterocycles. The highest BCUT2D eigenvalue weighted by atomic mass is 35.5. The third-order valence-electron chi connectivity index (χ3n) is 3.70. The quantitative estimate of drug-likeness (QED) is 0.725. The predicted octanol–water partition coefficient (Wildman–Crippen LogP) is 5.29. The monoisotopic (exact) mass is 340 g/mol. The first-order chi connectivity index (χ1) is 10.1. The van der Waals surface area contributed by atoms with E-state index in [1.54, 1.807) is 12.1 Å². The van der Waals surface area contributed by atoms with Crippen LogP contribution in [-0.2, 0) is 6.54 Å². The van der Waals surface area contributed by atoms with Crippen LogP contribution in [0.25, 0.3) is 0 Å². The zero-order valence-corrected chi connectivity index (χ0v) is 13.6. The second-order valence-corrected chi connectivity index (χ2v) is 6.33. The van der Waals surface area contributed by atoms with Crippen molar-refractivity contribution in [3.8, 4) is 0 Å². The van der Waals surface area contributed by atoms with Crippen molar-refractivity contribution in [2.45, 2.75) is 19.0 Å². The van der Waals surface area contributed by atoms with Gasteiger partial charge in [-0.25, -0.2) is 0 Å². The van der Waals surface area contributed by atoms with Crippen LogP contribution in [0.15, 0.2) is 36.4 Å². The van der Waals surface area contributed by atoms with Crippen molar-refractivity contribution in [2.75, 3.05) is 11.9 Å². The summed E-state index contributed by atoms with van der Waals surface area (Å²) in [7, 11) is 0. The zero-order valence-electron chi connectivity index (χ0n) is 11.3. The molecular formula is C16H15Cl3N2. The smallest absolute Gasteiger partial charge is 0.0653 e. The normalized spacial score (nSPS) is 18.0. The molecule has 2 aromatic rings. The minimum Gasteiger partial charge on any atom is -0.377 e. The fourth-order valence-electron chi connectivity index (χ4n) is 2.63. The van der Waals surface area contributed by atoms with Gasteiger partial charge in [-0.2, -0.15) is 0 Å². The molecule has 0 bridgehead atoms. The molecule has 2 N–H and O–H groups in total. The Kier molecular flexibility index (Phi) is 4.60. The minimum absolute atomic E-state index is 0.200. The van der Waals surface area contributed by atoms with Gasteiger partial charge in [-0.1, -0.05) is 59.1 Å². The van der Waals surface area contributed by atoms with Crippen LogP contribution < -0.4 is 10.6 Å². The molecule has 5 heteroatoms. The maximum absolute atomic E-state index is 6.27. The van der Waals surface area contributed by atoms with Crippen molar-refractivity contribution in [2.24, 2.45) is 0 Å². The highest BCUT2D eigenvalue weighted by Gasteiger charge is 2.19. The number of halogens is 3. The van der Waals surface area contributed by atoms with E-state index >= 15 is 0 Å². The van der Waals surface area contributed by atoms with E-state index in [1.807, 2.05) is 0 Å². The average Bonchev–Trinajstić information content (AvgIpc) is 2.67. The van der Waals surface area contributed by atoms with Crippen molar-refractivity contribution in [1.29, 1.82) is 0 Å². The number of fused-ring (bicyclic) bond motifs is 1. The van der Waals surface area contributed by atoms with Crippen molar-refractivity contribution in [1.82, 2.24) is 5.32 Å². The lowest BCUT2D eigenvalue weighted by molar-refractivity contribution is 0.637. The molecule has 3 rings (SSSR count). The van der Waals surface area contributed by atoms with E-state index < -0.39 is 0 Å². The summed E-state index contributed by atoms with van der Waals surface area (Å²) in [5, 5.41) is 8.49. The number of hydrogen-bond donors (Lipinski definition) is 2. The van der Waals surface area contributed by atoms with Crippen LogP contribution in [0.5, 0.6) is 0 Å². The highest BCUT2D eigenvalue weighted by Crippen LogP contribution is 2.35. The number of benzene rings is 2. The molecule has 110 valence electrons. The molecule has 0 amide bonds. The zero-order chi connectivity index (χ0) is 14.8. The van der Waals surface area contributed by atoms with E-state index in [9.17, 15) is 0 Å². The first kappa shape index (κ1) is 15.0. The predicted molar refractivity (Wildman–Crippen MR) is 90.6 cm³/mol. The van der Waals surface area contributed by atoms with Crippen molar-refractivity contribution >= 4 is 40.5 Å². The maximum Gasteiger partial charge on any atom is 0.0653 e. The number of hydrogen-bond acceptors (Lipinski definition) is 2. The van der Waals surface area contributed by atoms with E-state index in [4.69, 9.17) is 34.8 Å². The van der Waals surface area contributed by atoms with Gasteiger partial charge < -0.3 is 10.6 Å². The van der Waals surface area contributed by atoms with Gasteiger partial charge in [0.25, 0.3) is 0 Å². The Balaban J connectivity index is 1.93. The largest absolute Gasteiger partial charge is 0.377 e. The van der Waals surface area contributed by atoms with Gasteiger partial charge >= 0.3 is 0 Å². The molecule has 0 fully saturated rings. The SMILES string of the molecule is Clc1cc(Cl)c(NC2CCNCc3ccccc32)cc1Cl. The molecule has 21 heavy (non-hydrogen) atoms. The van der Waals surface area contributed by atoms with E-state index in [0.29, 0.717) is 15.1 Å². The number of rotatable bonds is 2. The van der Waals surface area contributed by atoms with Gasteiger partial charge in [0.05, 0.1) is 26.8 Å². The van der Waals surface area contributed by atoms with Crippen molar-refractivity contribution in [3.05, 3.63) is 62.6 Å². The van der Waals surface area contributed by atoms with Gasteiger partial charge in [0, 0.05) is 6.54 Å². The Bertz CT molecular complexity index is 658. The fourth-order valence-corrected chi connectivity index (χ4v) is 3.23. The summed E-state index contributed by atoms with van der Waals surface area (Å²) < 4.78 is 0. The third-order valence-corrected chi connectivity index (χ3v) is 4.73. The molecule has 1 atom stereocenters. The molecule has 0 spiro atoms. The summed E-state index contributed by atoms with van der Waals surface area (Å²) in [6, 6.07) is 12.1. The minimum atomic E-state index is 0.200. The number of anilines is 1. The Hall–Kier alpha value is -0.930. The lowest BCUT2D eigenvalue weighted by atomic mass is 9.99. The number of nitrogens with one attached hydrogen (secondary N) is 2. The summed E-state index contributed by atoms with van der Waals surface area (Å²) in [6.45, 7) is 1.84. The van der Waals surface area contributed by atoms with Gasteiger partial charge in [0.1, 0.15) is 0 Å². The lowest BCUT2D eigenvalue weighted by Gasteiger charge is -2.21. The summed E-state index contributed by atoms with van der Waals surface area (Å²) in [5.41, 5.74) is 3.42. The Morgan fingerprint density at radius 2 is 1.76 bits per heavy atom. The fraction of sp³-hybridized carbons (Fsp3) is 0.250. The van der Waals surface area contributed by atoms with Gasteiger partial charge in [0.2, 0.25) is 0 Å². The summed E-state index contributed by atoms with van der Waals surface area (Å²) in [6.07, 6.45) is 0.980. The van der Waals surface area contributed by atoms with Crippen molar-refractivity contribution in [3.63, 3.8) is 0 Å². The Morgan fingerprint density at radius 1 is 1.00 bits per heavy atom. The second kappa shape index (κ2) is 6.45. The maximum atomic E-state index is 6.27. The van der Waals surface area contributed by atoms with Gasteiger partial charge in [-0.3, -0.25) is 0 Å². The standard InChI is InChI=1S/C16H15Cl3N2/c17-12-7-14(19)16(8-13(12)18)21-15-5-6-20-9-10-3-1-2-4-11(10)15/h1-4,7-8,15,20-21H,5-6,9H2. The van der Waals surface area contributed by atoms with Crippen LogP contribution in [0.1, 0.15) is 23.6 Å². The molecular weight excluding hydrogens is 327 g/mol. The van der Waals surface area contributed by atoms with E-state index in [-0.39, 0.29) is 6.04 Å². The summed E-state index contributed by atoms with van der Waals surface area (Å²) >= 11 is 18.3. The molecule has 0 aliphatic carbocycles. The molecule has 1 unspecified atom stereocenters. The molecule has 1 aliphatic rings. The molecule has 1 heterocycles. The molecule has 2 aromatic carbocycles. The summed E-state index contributed by atoms with van der Waals surface area (Å²) in [4.78, 5) is 0. The van der Waals surface area contributed by atoms with Gasteiger partial charge in [-0.05, 0) is 36.2 Å². The van der Waals surface area contributed by atoms with E-state index in [0.717, 1.165) is 25.2 Å². The van der Waals surface area contributed by atoms with Gasteiger partial charge in [-0.15, -0.1) is 0 Å². The molecule has 0 saturated heterocycles. The van der Waals surface area contributed by atoms with Crippen LogP contribution in [-0.4, -0.2) is 6.54 Å². The molecule has 0 aromatic heterocycles. The van der Waals surface area contributed by atoms with Crippen LogP contribution in [0.4, 0.5) is 5.69 Å². The summed E-state index contributed by atoms with van der Waals surface area (Å²) in [5.74, 6) is 0. The topological polar surface area (TPSA) is 24.1 Å². The molecule has 0 saturated carbocycles. The van der Waals surface area contributed by atoms with Crippen LogP contribution in [0, 0.1) is 0 Å². The lowest BCUT2D eigenvalue weighted by Crippen LogP contribution is -2.15. The Morgan fingerprint density at radius 3 is 2.62 bits per heavy atom. The molecule has 2 nitrogen and oxygen atoms in total. The first-order valence-electron chi connectivity index (χ1n) is 6.85. The third kappa shape index (κ3) is 3.29. The highest BCUT2D eigenvalue weighted by molar-refractivity contribution is 6.44.